The molecule has 2 aromatic rings. The fourth-order valence-electron chi connectivity index (χ4n) is 2.12. The van der Waals surface area contributed by atoms with E-state index in [2.05, 4.69) is 5.32 Å². The Kier molecular flexibility index (Phi) is 6.83. The van der Waals surface area contributed by atoms with Crippen LogP contribution in [0.25, 0.3) is 0 Å². The van der Waals surface area contributed by atoms with E-state index in [0.717, 1.165) is 11.3 Å². The number of para-hydroxylation sites is 3. The third kappa shape index (κ3) is 5.84. The molecule has 25 heavy (non-hydrogen) atoms. The first kappa shape index (κ1) is 18.3. The van der Waals surface area contributed by atoms with Crippen molar-refractivity contribution < 1.29 is 23.8 Å². The van der Waals surface area contributed by atoms with Gasteiger partial charge in [-0.3, -0.25) is 9.59 Å². The minimum absolute atomic E-state index is 0.0657. The summed E-state index contributed by atoms with van der Waals surface area (Å²) in [6.45, 7) is 1.76. The lowest BCUT2D eigenvalue weighted by Gasteiger charge is -2.10. The lowest BCUT2D eigenvalue weighted by Crippen LogP contribution is -2.22. The maximum Gasteiger partial charge on any atom is 0.309 e. The van der Waals surface area contributed by atoms with Crippen molar-refractivity contribution in [3.63, 3.8) is 0 Å². The molecular weight excluding hydrogens is 322 g/mol. The summed E-state index contributed by atoms with van der Waals surface area (Å²) in [7, 11) is 1.51. The summed E-state index contributed by atoms with van der Waals surface area (Å²) in [6, 6.07) is 14.5. The molecule has 0 aromatic heterocycles. The van der Waals surface area contributed by atoms with Crippen molar-refractivity contribution in [1.29, 1.82) is 0 Å². The van der Waals surface area contributed by atoms with E-state index in [1.165, 1.54) is 7.11 Å². The number of esters is 1. The normalized spacial score (nSPS) is 10.0. The lowest BCUT2D eigenvalue weighted by molar-refractivity contribution is -0.147. The monoisotopic (exact) mass is 343 g/mol. The molecule has 6 nitrogen and oxygen atoms in total. The number of hydrogen-bond acceptors (Lipinski definition) is 5. The number of carbonyl (C=O) groups is 2. The number of nitrogens with one attached hydrogen (secondary N) is 1. The van der Waals surface area contributed by atoms with E-state index in [4.69, 9.17) is 14.2 Å². The molecule has 0 aliphatic carbocycles. The van der Waals surface area contributed by atoms with Crippen LogP contribution in [0.2, 0.25) is 0 Å². The molecule has 1 N–H and O–H groups in total. The van der Waals surface area contributed by atoms with E-state index >= 15 is 0 Å². The van der Waals surface area contributed by atoms with Crippen molar-refractivity contribution in [1.82, 2.24) is 0 Å². The maximum atomic E-state index is 11.8. The van der Waals surface area contributed by atoms with Crippen LogP contribution < -0.4 is 14.8 Å². The van der Waals surface area contributed by atoms with Gasteiger partial charge in [-0.05, 0) is 30.7 Å². The number of aryl methyl sites for hydroxylation is 1. The quantitative estimate of drug-likeness (QED) is 0.746. The minimum atomic E-state index is -0.497. The highest BCUT2D eigenvalue weighted by atomic mass is 16.5. The highest BCUT2D eigenvalue weighted by molar-refractivity contribution is 5.94. The van der Waals surface area contributed by atoms with E-state index in [-0.39, 0.29) is 19.6 Å². The minimum Gasteiger partial charge on any atom is -0.495 e. The van der Waals surface area contributed by atoms with Crippen LogP contribution in [0.3, 0.4) is 0 Å². The molecular formula is C19H21NO5. The Morgan fingerprint density at radius 3 is 2.40 bits per heavy atom. The van der Waals surface area contributed by atoms with E-state index in [9.17, 15) is 9.59 Å². The molecule has 0 heterocycles. The van der Waals surface area contributed by atoms with Gasteiger partial charge >= 0.3 is 5.97 Å². The molecule has 0 aliphatic rings. The second-order valence-electron chi connectivity index (χ2n) is 5.27. The number of rotatable bonds is 8. The SMILES string of the molecule is COc1ccccc1NC(=O)COC(=O)CCOc1ccccc1C. The summed E-state index contributed by atoms with van der Waals surface area (Å²) in [5.74, 6) is 0.333. The first-order valence-corrected chi connectivity index (χ1v) is 7.87. The van der Waals surface area contributed by atoms with Gasteiger partial charge in [-0.2, -0.15) is 0 Å². The van der Waals surface area contributed by atoms with Crippen LogP contribution in [0.1, 0.15) is 12.0 Å². The summed E-state index contributed by atoms with van der Waals surface area (Å²) in [5, 5.41) is 2.63. The Hall–Kier alpha value is -3.02. The topological polar surface area (TPSA) is 73.9 Å². The fraction of sp³-hybridized carbons (Fsp3) is 0.263. The zero-order chi connectivity index (χ0) is 18.1. The molecule has 2 rings (SSSR count). The van der Waals surface area contributed by atoms with Crippen molar-refractivity contribution >= 4 is 17.6 Å². The second kappa shape index (κ2) is 9.32. The Labute approximate surface area is 146 Å². The van der Waals surface area contributed by atoms with Crippen molar-refractivity contribution in [2.75, 3.05) is 25.6 Å². The van der Waals surface area contributed by atoms with Gasteiger partial charge < -0.3 is 19.5 Å². The zero-order valence-electron chi connectivity index (χ0n) is 14.3. The van der Waals surface area contributed by atoms with Crippen LogP contribution in [0.15, 0.2) is 48.5 Å². The fourth-order valence-corrected chi connectivity index (χ4v) is 2.12. The summed E-state index contributed by atoms with van der Waals surface area (Å²) < 4.78 is 15.6. The van der Waals surface area contributed by atoms with Gasteiger partial charge in [0.2, 0.25) is 0 Å². The van der Waals surface area contributed by atoms with Crippen LogP contribution in [-0.2, 0) is 14.3 Å². The van der Waals surface area contributed by atoms with E-state index in [0.29, 0.717) is 11.4 Å². The van der Waals surface area contributed by atoms with Crippen molar-refractivity contribution in [3.8, 4) is 11.5 Å². The van der Waals surface area contributed by atoms with Gasteiger partial charge in [0.1, 0.15) is 11.5 Å². The lowest BCUT2D eigenvalue weighted by atomic mass is 10.2. The summed E-state index contributed by atoms with van der Waals surface area (Å²) >= 11 is 0. The van der Waals surface area contributed by atoms with Crippen LogP contribution in [0.5, 0.6) is 11.5 Å². The third-order valence-corrected chi connectivity index (χ3v) is 3.40. The van der Waals surface area contributed by atoms with Crippen molar-refractivity contribution in [2.24, 2.45) is 0 Å². The summed E-state index contributed by atoms with van der Waals surface area (Å²) in [4.78, 5) is 23.5. The average Bonchev–Trinajstić information content (AvgIpc) is 2.62. The summed E-state index contributed by atoms with van der Waals surface area (Å²) in [6.07, 6.45) is 0.0657. The van der Waals surface area contributed by atoms with Crippen molar-refractivity contribution in [3.05, 3.63) is 54.1 Å². The predicted octanol–water partition coefficient (Wildman–Crippen LogP) is 2.95. The number of anilines is 1. The maximum absolute atomic E-state index is 11.8. The number of benzene rings is 2. The molecule has 132 valence electrons. The largest absolute Gasteiger partial charge is 0.495 e. The highest BCUT2D eigenvalue weighted by Crippen LogP contribution is 2.22. The number of hydrogen-bond donors (Lipinski definition) is 1. The van der Waals surface area contributed by atoms with E-state index in [1.807, 2.05) is 31.2 Å². The molecule has 0 spiro atoms. The smallest absolute Gasteiger partial charge is 0.309 e. The molecule has 0 bridgehead atoms. The van der Waals surface area contributed by atoms with Gasteiger partial charge in [-0.15, -0.1) is 0 Å². The van der Waals surface area contributed by atoms with Gasteiger partial charge in [0, 0.05) is 0 Å². The molecule has 0 aliphatic heterocycles. The Morgan fingerprint density at radius 2 is 1.68 bits per heavy atom. The number of carbonyl (C=O) groups excluding carboxylic acids is 2. The molecule has 0 unspecified atom stereocenters. The first-order chi connectivity index (χ1) is 12.1. The van der Waals surface area contributed by atoms with E-state index in [1.54, 1.807) is 24.3 Å². The molecule has 0 radical (unpaired) electrons. The number of methoxy groups -OCH3 is 1. The Bertz CT molecular complexity index is 729. The predicted molar refractivity (Wildman–Crippen MR) is 93.9 cm³/mol. The van der Waals surface area contributed by atoms with Gasteiger partial charge in [-0.25, -0.2) is 0 Å². The molecule has 0 fully saturated rings. The van der Waals surface area contributed by atoms with Crippen LogP contribution in [0, 0.1) is 6.92 Å². The Balaban J connectivity index is 1.71. The van der Waals surface area contributed by atoms with Crippen molar-refractivity contribution in [2.45, 2.75) is 13.3 Å². The van der Waals surface area contributed by atoms with Crippen LogP contribution >= 0.6 is 0 Å². The molecule has 0 atom stereocenters. The van der Waals surface area contributed by atoms with Crippen LogP contribution in [0.4, 0.5) is 5.69 Å². The van der Waals surface area contributed by atoms with E-state index < -0.39 is 11.9 Å². The summed E-state index contributed by atoms with van der Waals surface area (Å²) in [5.41, 5.74) is 1.51. The van der Waals surface area contributed by atoms with Gasteiger partial charge in [-0.1, -0.05) is 30.3 Å². The zero-order valence-corrected chi connectivity index (χ0v) is 14.3. The highest BCUT2D eigenvalue weighted by Gasteiger charge is 2.10. The molecule has 6 heteroatoms. The standard InChI is InChI=1S/C19H21NO5/c1-14-7-3-5-9-16(14)24-12-11-19(22)25-13-18(21)20-15-8-4-6-10-17(15)23-2/h3-10H,11-13H2,1-2H3,(H,20,21). The molecule has 0 saturated heterocycles. The van der Waals surface area contributed by atoms with Gasteiger partial charge in [0.25, 0.3) is 5.91 Å². The number of amides is 1. The van der Waals surface area contributed by atoms with Crippen LogP contribution in [-0.4, -0.2) is 32.2 Å². The first-order valence-electron chi connectivity index (χ1n) is 7.87. The second-order valence-corrected chi connectivity index (χ2v) is 5.27. The Morgan fingerprint density at radius 1 is 1.00 bits per heavy atom. The average molecular weight is 343 g/mol. The molecule has 2 aromatic carbocycles. The van der Waals surface area contributed by atoms with Gasteiger partial charge in [0.15, 0.2) is 6.61 Å². The molecule has 0 saturated carbocycles. The third-order valence-electron chi connectivity index (χ3n) is 3.40. The van der Waals surface area contributed by atoms with Gasteiger partial charge in [0.05, 0.1) is 25.8 Å². The molecule has 1 amide bonds. The number of ether oxygens (including phenoxy) is 3.